The van der Waals surface area contributed by atoms with Gasteiger partial charge in [0, 0.05) is 32.6 Å². The molecule has 2 bridgehead atoms. The number of amides is 2. The summed E-state index contributed by atoms with van der Waals surface area (Å²) in [6.45, 7) is 3.27. The quantitative estimate of drug-likeness (QED) is 0.841. The standard InChI is InChI=1S/C21H28ClN3O2/c22-18-3-1-2-4-19(18)23-20(26)14-24-7-9-25(10-8-24)21(27)13-17-12-15-5-6-16(17)11-15/h1-4,15-17H,5-14H2,(H,23,26)/t15-,16+,17-/m0/s1. The van der Waals surface area contributed by atoms with Gasteiger partial charge in [-0.3, -0.25) is 14.5 Å². The van der Waals surface area contributed by atoms with Crippen LogP contribution >= 0.6 is 11.6 Å². The van der Waals surface area contributed by atoms with Crippen LogP contribution in [0.15, 0.2) is 24.3 Å². The number of benzene rings is 1. The lowest BCUT2D eigenvalue weighted by Crippen LogP contribution is -2.50. The summed E-state index contributed by atoms with van der Waals surface area (Å²) in [6, 6.07) is 7.25. The number of carbonyl (C=O) groups is 2. The largest absolute Gasteiger partial charge is 0.340 e. The van der Waals surface area contributed by atoms with Crippen molar-refractivity contribution in [3.8, 4) is 0 Å². The normalized spacial score (nSPS) is 27.7. The zero-order valence-corrected chi connectivity index (χ0v) is 16.5. The summed E-state index contributed by atoms with van der Waals surface area (Å²) in [5.74, 6) is 2.56. The van der Waals surface area contributed by atoms with Crippen LogP contribution in [-0.2, 0) is 9.59 Å². The van der Waals surface area contributed by atoms with E-state index in [-0.39, 0.29) is 5.91 Å². The Labute approximate surface area is 166 Å². The van der Waals surface area contributed by atoms with Crippen molar-refractivity contribution in [3.63, 3.8) is 0 Å². The first-order valence-electron chi connectivity index (χ1n) is 10.1. The second kappa shape index (κ2) is 8.19. The van der Waals surface area contributed by atoms with Crippen LogP contribution in [0.25, 0.3) is 0 Å². The molecule has 3 fully saturated rings. The molecule has 2 saturated carbocycles. The van der Waals surface area contributed by atoms with Crippen molar-refractivity contribution in [1.82, 2.24) is 9.80 Å². The summed E-state index contributed by atoms with van der Waals surface area (Å²) in [6.07, 6.45) is 6.06. The molecular formula is C21H28ClN3O2. The molecule has 5 nitrogen and oxygen atoms in total. The molecule has 1 aromatic carbocycles. The predicted octanol–water partition coefficient (Wildman–Crippen LogP) is 3.25. The highest BCUT2D eigenvalue weighted by molar-refractivity contribution is 6.33. The van der Waals surface area contributed by atoms with Crippen LogP contribution in [0.5, 0.6) is 0 Å². The highest BCUT2D eigenvalue weighted by Gasteiger charge is 2.40. The van der Waals surface area contributed by atoms with E-state index in [0.717, 1.165) is 44.4 Å². The number of nitrogens with one attached hydrogen (secondary N) is 1. The number of anilines is 1. The second-order valence-corrected chi connectivity index (χ2v) is 8.73. The minimum atomic E-state index is -0.0649. The fraction of sp³-hybridized carbons (Fsp3) is 0.619. The molecule has 27 heavy (non-hydrogen) atoms. The number of para-hydroxylation sites is 1. The number of carbonyl (C=O) groups excluding carboxylic acids is 2. The van der Waals surface area contributed by atoms with E-state index in [1.165, 1.54) is 25.7 Å². The van der Waals surface area contributed by atoms with Crippen LogP contribution in [0.4, 0.5) is 5.69 Å². The van der Waals surface area contributed by atoms with Crippen molar-refractivity contribution in [2.45, 2.75) is 32.1 Å². The van der Waals surface area contributed by atoms with Crippen LogP contribution in [0.3, 0.4) is 0 Å². The number of hydrogen-bond donors (Lipinski definition) is 1. The minimum Gasteiger partial charge on any atom is -0.340 e. The highest BCUT2D eigenvalue weighted by Crippen LogP contribution is 2.49. The van der Waals surface area contributed by atoms with Gasteiger partial charge in [0.25, 0.3) is 0 Å². The van der Waals surface area contributed by atoms with Crippen LogP contribution in [0.1, 0.15) is 32.1 Å². The topological polar surface area (TPSA) is 52.7 Å². The number of nitrogens with zero attached hydrogens (tertiary/aromatic N) is 2. The first-order valence-corrected chi connectivity index (χ1v) is 10.5. The monoisotopic (exact) mass is 389 g/mol. The fourth-order valence-electron chi connectivity index (χ4n) is 5.09. The lowest BCUT2D eigenvalue weighted by Gasteiger charge is -2.35. The van der Waals surface area contributed by atoms with Gasteiger partial charge in [-0.05, 0) is 49.1 Å². The number of fused-ring (bicyclic) bond motifs is 2. The zero-order chi connectivity index (χ0) is 18.8. The Balaban J connectivity index is 1.20. The molecule has 146 valence electrons. The molecular weight excluding hydrogens is 362 g/mol. The number of rotatable bonds is 5. The molecule has 3 aliphatic rings. The van der Waals surface area contributed by atoms with Gasteiger partial charge in [-0.2, -0.15) is 0 Å². The molecule has 4 rings (SSSR count). The van der Waals surface area contributed by atoms with E-state index < -0.39 is 0 Å². The molecule has 1 N–H and O–H groups in total. The Morgan fingerprint density at radius 1 is 1.07 bits per heavy atom. The molecule has 3 atom stereocenters. The molecule has 0 radical (unpaired) electrons. The second-order valence-electron chi connectivity index (χ2n) is 8.32. The first-order chi connectivity index (χ1) is 13.1. The van der Waals surface area contributed by atoms with Crippen LogP contribution in [0.2, 0.25) is 5.02 Å². The van der Waals surface area contributed by atoms with Crippen LogP contribution < -0.4 is 5.32 Å². The average molecular weight is 390 g/mol. The Morgan fingerprint density at radius 2 is 1.85 bits per heavy atom. The van der Waals surface area contributed by atoms with Crippen molar-refractivity contribution in [2.24, 2.45) is 17.8 Å². The Hall–Kier alpha value is -1.59. The molecule has 1 saturated heterocycles. The van der Waals surface area contributed by atoms with Crippen molar-refractivity contribution in [3.05, 3.63) is 29.3 Å². The summed E-state index contributed by atoms with van der Waals surface area (Å²) in [5.41, 5.74) is 0.642. The summed E-state index contributed by atoms with van der Waals surface area (Å²) < 4.78 is 0. The first kappa shape index (κ1) is 18.8. The third-order valence-electron chi connectivity index (χ3n) is 6.56. The van der Waals surface area contributed by atoms with E-state index in [0.29, 0.717) is 29.1 Å². The van der Waals surface area contributed by atoms with Gasteiger partial charge in [0.05, 0.1) is 17.3 Å². The Bertz CT molecular complexity index is 702. The third-order valence-corrected chi connectivity index (χ3v) is 6.89. The van der Waals surface area contributed by atoms with E-state index in [1.807, 2.05) is 17.0 Å². The number of hydrogen-bond acceptors (Lipinski definition) is 3. The molecule has 2 amide bonds. The lowest BCUT2D eigenvalue weighted by molar-refractivity contribution is -0.134. The van der Waals surface area contributed by atoms with Crippen molar-refractivity contribution in [1.29, 1.82) is 0 Å². The summed E-state index contributed by atoms with van der Waals surface area (Å²) in [4.78, 5) is 29.0. The van der Waals surface area contributed by atoms with E-state index in [9.17, 15) is 9.59 Å². The molecule has 2 aliphatic carbocycles. The smallest absolute Gasteiger partial charge is 0.238 e. The fourth-order valence-corrected chi connectivity index (χ4v) is 5.27. The van der Waals surface area contributed by atoms with Gasteiger partial charge < -0.3 is 10.2 Å². The summed E-state index contributed by atoms with van der Waals surface area (Å²) in [5, 5.41) is 3.41. The SMILES string of the molecule is O=C(CN1CCN(C(=O)C[C@@H]2C[C@H]3CC[C@@H]2C3)CC1)Nc1ccccc1Cl. The average Bonchev–Trinajstić information content (AvgIpc) is 3.27. The van der Waals surface area contributed by atoms with Crippen LogP contribution in [-0.4, -0.2) is 54.3 Å². The Kier molecular flexibility index (Phi) is 5.69. The maximum atomic E-state index is 12.7. The van der Waals surface area contributed by atoms with E-state index in [2.05, 4.69) is 10.2 Å². The molecule has 0 aromatic heterocycles. The molecule has 6 heteroatoms. The molecule has 0 unspecified atom stereocenters. The van der Waals surface area contributed by atoms with E-state index >= 15 is 0 Å². The number of halogens is 1. The lowest BCUT2D eigenvalue weighted by atomic mass is 9.86. The van der Waals surface area contributed by atoms with Crippen molar-refractivity contribution in [2.75, 3.05) is 38.0 Å². The summed E-state index contributed by atoms with van der Waals surface area (Å²) >= 11 is 6.09. The molecule has 1 heterocycles. The van der Waals surface area contributed by atoms with E-state index in [4.69, 9.17) is 11.6 Å². The van der Waals surface area contributed by atoms with Crippen molar-refractivity contribution < 1.29 is 9.59 Å². The van der Waals surface area contributed by atoms with Gasteiger partial charge in [-0.1, -0.05) is 30.2 Å². The predicted molar refractivity (Wildman–Crippen MR) is 107 cm³/mol. The minimum absolute atomic E-state index is 0.0649. The summed E-state index contributed by atoms with van der Waals surface area (Å²) in [7, 11) is 0. The molecule has 1 aliphatic heterocycles. The van der Waals surface area contributed by atoms with Gasteiger partial charge in [-0.25, -0.2) is 0 Å². The van der Waals surface area contributed by atoms with Crippen LogP contribution in [0, 0.1) is 17.8 Å². The maximum Gasteiger partial charge on any atom is 0.238 e. The van der Waals surface area contributed by atoms with Gasteiger partial charge in [-0.15, -0.1) is 0 Å². The van der Waals surface area contributed by atoms with Gasteiger partial charge >= 0.3 is 0 Å². The van der Waals surface area contributed by atoms with Gasteiger partial charge in [0.1, 0.15) is 0 Å². The van der Waals surface area contributed by atoms with E-state index in [1.54, 1.807) is 12.1 Å². The molecule has 0 spiro atoms. The van der Waals surface area contributed by atoms with Gasteiger partial charge in [0.15, 0.2) is 0 Å². The zero-order valence-electron chi connectivity index (χ0n) is 15.7. The van der Waals surface area contributed by atoms with Crippen molar-refractivity contribution >= 4 is 29.1 Å². The number of piperazine rings is 1. The highest BCUT2D eigenvalue weighted by atomic mass is 35.5. The third kappa shape index (κ3) is 4.46. The van der Waals surface area contributed by atoms with Gasteiger partial charge in [0.2, 0.25) is 11.8 Å². The maximum absolute atomic E-state index is 12.7. The molecule has 1 aromatic rings. The Morgan fingerprint density at radius 3 is 2.52 bits per heavy atom.